The molecule has 0 atom stereocenters. The summed E-state index contributed by atoms with van der Waals surface area (Å²) in [6.07, 6.45) is 2.04. The monoisotopic (exact) mass is 228 g/mol. The summed E-state index contributed by atoms with van der Waals surface area (Å²) in [5, 5.41) is 9.12. The first kappa shape index (κ1) is 14.4. The van der Waals surface area contributed by atoms with Crippen molar-refractivity contribution in [3.63, 3.8) is 0 Å². The Hall–Kier alpha value is -1.62. The third-order valence-electron chi connectivity index (χ3n) is 1.84. The van der Waals surface area contributed by atoms with Crippen LogP contribution in [0.5, 0.6) is 0 Å². The second-order valence-corrected chi connectivity index (χ2v) is 3.59. The van der Waals surface area contributed by atoms with E-state index in [1.54, 1.807) is 6.92 Å². The van der Waals surface area contributed by atoms with Crippen molar-refractivity contribution in [2.75, 3.05) is 19.8 Å². The quantitative estimate of drug-likeness (QED) is 0.505. The van der Waals surface area contributed by atoms with Gasteiger partial charge in [-0.1, -0.05) is 20.1 Å². The van der Waals surface area contributed by atoms with Gasteiger partial charge in [0.25, 0.3) is 0 Å². The molecule has 0 saturated carbocycles. The van der Waals surface area contributed by atoms with E-state index in [9.17, 15) is 9.59 Å². The fraction of sp³-hybridized carbons (Fsp3) is 0.455. The summed E-state index contributed by atoms with van der Waals surface area (Å²) < 4.78 is 9.56. The van der Waals surface area contributed by atoms with Crippen molar-refractivity contribution < 1.29 is 24.2 Å². The molecule has 0 rings (SSSR count). The van der Waals surface area contributed by atoms with E-state index in [0.29, 0.717) is 0 Å². The van der Waals surface area contributed by atoms with Crippen LogP contribution in [0.1, 0.15) is 6.92 Å². The van der Waals surface area contributed by atoms with E-state index in [2.05, 4.69) is 13.2 Å². The Labute approximate surface area is 94.4 Å². The maximum atomic E-state index is 10.8. The molecule has 0 aromatic carbocycles. The largest absolute Gasteiger partial charge is 0.462 e. The predicted octanol–water partition coefficient (Wildman–Crippen LogP) is 0.443. The number of aliphatic hydroxyl groups is 1. The molecule has 0 aliphatic heterocycles. The van der Waals surface area contributed by atoms with Gasteiger partial charge in [0.2, 0.25) is 0 Å². The Morgan fingerprint density at radius 2 is 1.56 bits per heavy atom. The molecule has 1 N–H and O–H groups in total. The zero-order valence-corrected chi connectivity index (χ0v) is 9.27. The Balaban J connectivity index is 4.19. The molecule has 0 unspecified atom stereocenters. The van der Waals surface area contributed by atoms with Gasteiger partial charge < -0.3 is 14.6 Å². The molecule has 0 aromatic rings. The zero-order valence-electron chi connectivity index (χ0n) is 9.27. The molecule has 16 heavy (non-hydrogen) atoms. The minimum Gasteiger partial charge on any atom is -0.462 e. The van der Waals surface area contributed by atoms with Crippen LogP contribution >= 0.6 is 0 Å². The van der Waals surface area contributed by atoms with E-state index in [0.717, 1.165) is 12.2 Å². The van der Waals surface area contributed by atoms with Crippen LogP contribution in [0.2, 0.25) is 0 Å². The first-order valence-electron chi connectivity index (χ1n) is 4.66. The third kappa shape index (κ3) is 5.31. The lowest BCUT2D eigenvalue weighted by Crippen LogP contribution is -2.34. The van der Waals surface area contributed by atoms with Crippen molar-refractivity contribution in [1.82, 2.24) is 0 Å². The highest BCUT2D eigenvalue weighted by Crippen LogP contribution is 2.16. The molecule has 5 nitrogen and oxygen atoms in total. The number of ether oxygens (including phenoxy) is 2. The smallest absolute Gasteiger partial charge is 0.330 e. The lowest BCUT2D eigenvalue weighted by molar-refractivity contribution is -0.149. The molecule has 0 aromatic heterocycles. The summed E-state index contributed by atoms with van der Waals surface area (Å²) in [5.74, 6) is -1.18. The van der Waals surface area contributed by atoms with Crippen LogP contribution in [-0.4, -0.2) is 36.9 Å². The van der Waals surface area contributed by atoms with Gasteiger partial charge in [0.15, 0.2) is 0 Å². The molecule has 0 bridgehead atoms. The summed E-state index contributed by atoms with van der Waals surface area (Å²) >= 11 is 0. The van der Waals surface area contributed by atoms with Gasteiger partial charge in [-0.3, -0.25) is 0 Å². The van der Waals surface area contributed by atoms with E-state index < -0.39 is 17.4 Å². The van der Waals surface area contributed by atoms with Crippen LogP contribution < -0.4 is 0 Å². The van der Waals surface area contributed by atoms with Gasteiger partial charge in [-0.05, 0) is 0 Å². The Kier molecular flexibility index (Phi) is 6.10. The summed E-state index contributed by atoms with van der Waals surface area (Å²) in [5.41, 5.74) is -0.822. The molecule has 0 amide bonds. The van der Waals surface area contributed by atoms with Crippen LogP contribution in [-0.2, 0) is 19.1 Å². The number of carbonyl (C=O) groups is 2. The number of aliphatic hydroxyl groups excluding tert-OH is 1. The fourth-order valence-corrected chi connectivity index (χ4v) is 0.742. The molecule has 0 aliphatic rings. The van der Waals surface area contributed by atoms with E-state index in [4.69, 9.17) is 14.6 Å². The van der Waals surface area contributed by atoms with Gasteiger partial charge in [0.1, 0.15) is 13.2 Å². The minimum atomic E-state index is -0.822. The van der Waals surface area contributed by atoms with E-state index in [1.165, 1.54) is 0 Å². The standard InChI is InChI=1S/C11H16O5/c1-4-9(13)15-7-11(3,6-12)8-16-10(14)5-2/h4-5,12H,1-2,6-8H2,3H3. The summed E-state index contributed by atoms with van der Waals surface area (Å²) in [4.78, 5) is 21.6. The summed E-state index contributed by atoms with van der Waals surface area (Å²) in [7, 11) is 0. The molecule has 0 spiro atoms. The van der Waals surface area contributed by atoms with Crippen molar-refractivity contribution in [2.24, 2.45) is 5.41 Å². The topological polar surface area (TPSA) is 72.8 Å². The fourth-order valence-electron chi connectivity index (χ4n) is 0.742. The van der Waals surface area contributed by atoms with Gasteiger partial charge in [-0.2, -0.15) is 0 Å². The Bertz CT molecular complexity index is 258. The normalized spacial score (nSPS) is 10.4. The first-order chi connectivity index (χ1) is 7.47. The van der Waals surface area contributed by atoms with E-state index >= 15 is 0 Å². The van der Waals surface area contributed by atoms with E-state index in [-0.39, 0.29) is 19.8 Å². The first-order valence-corrected chi connectivity index (χ1v) is 4.66. The van der Waals surface area contributed by atoms with Crippen molar-refractivity contribution in [2.45, 2.75) is 6.92 Å². The Morgan fingerprint density at radius 3 is 1.81 bits per heavy atom. The van der Waals surface area contributed by atoms with Crippen LogP contribution in [0.4, 0.5) is 0 Å². The predicted molar refractivity (Wildman–Crippen MR) is 57.5 cm³/mol. The highest BCUT2D eigenvalue weighted by molar-refractivity contribution is 5.81. The van der Waals surface area contributed by atoms with Gasteiger partial charge in [0, 0.05) is 12.2 Å². The van der Waals surface area contributed by atoms with E-state index in [1.807, 2.05) is 0 Å². The maximum Gasteiger partial charge on any atom is 0.330 e. The average Bonchev–Trinajstić information content (AvgIpc) is 2.32. The number of hydrogen-bond acceptors (Lipinski definition) is 5. The van der Waals surface area contributed by atoms with Gasteiger partial charge in [-0.15, -0.1) is 0 Å². The number of hydrogen-bond donors (Lipinski definition) is 1. The van der Waals surface area contributed by atoms with Crippen LogP contribution in [0.15, 0.2) is 25.3 Å². The average molecular weight is 228 g/mol. The maximum absolute atomic E-state index is 10.8. The molecule has 90 valence electrons. The lowest BCUT2D eigenvalue weighted by Gasteiger charge is -2.25. The van der Waals surface area contributed by atoms with Crippen molar-refractivity contribution in [1.29, 1.82) is 0 Å². The van der Waals surface area contributed by atoms with Crippen LogP contribution in [0.3, 0.4) is 0 Å². The molecule has 0 saturated heterocycles. The molecule has 0 aliphatic carbocycles. The number of carbonyl (C=O) groups excluding carboxylic acids is 2. The van der Waals surface area contributed by atoms with Crippen molar-refractivity contribution in [3.8, 4) is 0 Å². The van der Waals surface area contributed by atoms with Gasteiger partial charge >= 0.3 is 11.9 Å². The molecule has 5 heteroatoms. The van der Waals surface area contributed by atoms with Crippen LogP contribution in [0.25, 0.3) is 0 Å². The van der Waals surface area contributed by atoms with Crippen molar-refractivity contribution in [3.05, 3.63) is 25.3 Å². The summed E-state index contributed by atoms with van der Waals surface area (Å²) in [6.45, 7) is 7.71. The van der Waals surface area contributed by atoms with Gasteiger partial charge in [-0.25, -0.2) is 9.59 Å². The van der Waals surface area contributed by atoms with Gasteiger partial charge in [0.05, 0.1) is 12.0 Å². The molecular weight excluding hydrogens is 212 g/mol. The van der Waals surface area contributed by atoms with Crippen molar-refractivity contribution >= 4 is 11.9 Å². The molecular formula is C11H16O5. The third-order valence-corrected chi connectivity index (χ3v) is 1.84. The second kappa shape index (κ2) is 6.79. The highest BCUT2D eigenvalue weighted by Gasteiger charge is 2.27. The zero-order chi connectivity index (χ0) is 12.6. The Morgan fingerprint density at radius 1 is 1.19 bits per heavy atom. The number of esters is 2. The lowest BCUT2D eigenvalue weighted by atomic mass is 9.94. The molecule has 0 radical (unpaired) electrons. The number of rotatable bonds is 7. The second-order valence-electron chi connectivity index (χ2n) is 3.59. The minimum absolute atomic E-state index is 0.0568. The van der Waals surface area contributed by atoms with Crippen LogP contribution in [0, 0.1) is 5.41 Å². The highest BCUT2D eigenvalue weighted by atomic mass is 16.5. The molecule has 0 fully saturated rings. The molecule has 0 heterocycles. The summed E-state index contributed by atoms with van der Waals surface area (Å²) in [6, 6.07) is 0. The SMILES string of the molecule is C=CC(=O)OCC(C)(CO)COC(=O)C=C.